The SMILES string of the molecule is CCCCN1C/C=C\CCC(=O)N[C@@H](COC)[C@H](c2ccccc2)OC(=O)[C@@H]2[C@H]3C(=O)N([C@H](C)CO)[C@H](C1=O)[C@]31C=C[C@H]2O1. The minimum absolute atomic E-state index is 0.0793. The number of aliphatic hydroxyl groups excluding tert-OH is 1. The summed E-state index contributed by atoms with van der Waals surface area (Å²) in [4.78, 5) is 58.9. The molecule has 1 spiro atoms. The van der Waals surface area contributed by atoms with Gasteiger partial charge in [-0.1, -0.05) is 68.0 Å². The molecule has 11 nitrogen and oxygen atoms in total. The highest BCUT2D eigenvalue weighted by Crippen LogP contribution is 2.56. The van der Waals surface area contributed by atoms with Gasteiger partial charge in [-0.15, -0.1) is 0 Å². The molecule has 4 aliphatic heterocycles. The maximum atomic E-state index is 14.4. The first kappa shape index (κ1) is 31.9. The van der Waals surface area contributed by atoms with Crippen LogP contribution in [0.1, 0.15) is 51.2 Å². The lowest BCUT2D eigenvalue weighted by Gasteiger charge is -2.37. The minimum atomic E-state index is -1.38. The fourth-order valence-corrected chi connectivity index (χ4v) is 6.96. The molecular weight excluding hydrogens is 566 g/mol. The smallest absolute Gasteiger partial charge is 0.313 e. The Labute approximate surface area is 258 Å². The van der Waals surface area contributed by atoms with Gasteiger partial charge in [-0.05, 0) is 25.3 Å². The van der Waals surface area contributed by atoms with E-state index in [1.165, 1.54) is 12.0 Å². The molecule has 238 valence electrons. The molecule has 0 unspecified atom stereocenters. The average molecular weight is 610 g/mol. The molecule has 11 heteroatoms. The van der Waals surface area contributed by atoms with Gasteiger partial charge in [-0.3, -0.25) is 19.2 Å². The number of cyclic esters (lactones) is 1. The Morgan fingerprint density at radius 1 is 1.14 bits per heavy atom. The van der Waals surface area contributed by atoms with Gasteiger partial charge in [0.2, 0.25) is 17.7 Å². The first-order chi connectivity index (χ1) is 21.3. The maximum Gasteiger partial charge on any atom is 0.313 e. The lowest BCUT2D eigenvalue weighted by molar-refractivity contribution is -0.162. The van der Waals surface area contributed by atoms with Crippen LogP contribution >= 0.6 is 0 Å². The van der Waals surface area contributed by atoms with Gasteiger partial charge in [0.05, 0.1) is 37.3 Å². The second-order valence-corrected chi connectivity index (χ2v) is 12.0. The summed E-state index contributed by atoms with van der Waals surface area (Å²) in [6.07, 6.45) is 7.78. The van der Waals surface area contributed by atoms with E-state index in [9.17, 15) is 24.3 Å². The quantitative estimate of drug-likeness (QED) is 0.337. The highest BCUT2D eigenvalue weighted by molar-refractivity contribution is 5.99. The third-order valence-electron chi connectivity index (χ3n) is 9.11. The van der Waals surface area contributed by atoms with Gasteiger partial charge >= 0.3 is 5.97 Å². The first-order valence-corrected chi connectivity index (χ1v) is 15.5. The monoisotopic (exact) mass is 609 g/mol. The van der Waals surface area contributed by atoms with Crippen LogP contribution in [-0.2, 0) is 33.4 Å². The van der Waals surface area contributed by atoms with Gasteiger partial charge in [0.15, 0.2) is 0 Å². The van der Waals surface area contributed by atoms with Crippen molar-refractivity contribution in [2.24, 2.45) is 11.8 Å². The number of nitrogens with zero attached hydrogens (tertiary/aromatic N) is 2. The van der Waals surface area contributed by atoms with Crippen molar-refractivity contribution in [3.63, 3.8) is 0 Å². The van der Waals surface area contributed by atoms with Crippen molar-refractivity contribution < 1.29 is 38.5 Å². The number of likely N-dealkylation sites (tertiary alicyclic amines) is 1. The summed E-state index contributed by atoms with van der Waals surface area (Å²) in [7, 11) is 1.51. The molecule has 0 aromatic heterocycles. The normalized spacial score (nSPS) is 33.7. The summed E-state index contributed by atoms with van der Waals surface area (Å²) in [6, 6.07) is 6.64. The molecule has 8 atom stereocenters. The summed E-state index contributed by atoms with van der Waals surface area (Å²) in [5, 5.41) is 13.1. The van der Waals surface area contributed by atoms with Crippen LogP contribution in [0.2, 0.25) is 0 Å². The lowest BCUT2D eigenvalue weighted by atomic mass is 9.74. The predicted molar refractivity (Wildman–Crippen MR) is 160 cm³/mol. The number of allylic oxidation sites excluding steroid dienone is 1. The molecule has 0 saturated carbocycles. The molecule has 0 aliphatic carbocycles. The number of rotatable bonds is 8. The lowest BCUT2D eigenvalue weighted by Crippen LogP contribution is -2.58. The van der Waals surface area contributed by atoms with E-state index in [0.717, 1.165) is 12.8 Å². The summed E-state index contributed by atoms with van der Waals surface area (Å²) in [5.74, 6) is -3.67. The number of methoxy groups -OCH3 is 1. The van der Waals surface area contributed by atoms with Crippen molar-refractivity contribution in [2.45, 2.75) is 75.5 Å². The number of fused-ring (bicyclic) bond motifs is 2. The molecule has 0 radical (unpaired) electrons. The number of unbranched alkanes of at least 4 members (excludes halogenated alkanes) is 1. The number of hydrogen-bond acceptors (Lipinski definition) is 8. The van der Waals surface area contributed by atoms with Gasteiger partial charge in [-0.2, -0.15) is 0 Å². The van der Waals surface area contributed by atoms with Crippen molar-refractivity contribution in [3.8, 4) is 0 Å². The zero-order chi connectivity index (χ0) is 31.4. The van der Waals surface area contributed by atoms with Crippen LogP contribution in [0.3, 0.4) is 0 Å². The third-order valence-corrected chi connectivity index (χ3v) is 9.11. The van der Waals surface area contributed by atoms with Crippen molar-refractivity contribution in [3.05, 3.63) is 60.2 Å². The van der Waals surface area contributed by atoms with Crippen LogP contribution in [0.25, 0.3) is 0 Å². The van der Waals surface area contributed by atoms with E-state index in [2.05, 4.69) is 5.32 Å². The Morgan fingerprint density at radius 3 is 2.61 bits per heavy atom. The first-order valence-electron chi connectivity index (χ1n) is 15.5. The minimum Gasteiger partial charge on any atom is -0.455 e. The topological polar surface area (TPSA) is 135 Å². The molecule has 44 heavy (non-hydrogen) atoms. The summed E-state index contributed by atoms with van der Waals surface area (Å²) >= 11 is 0. The van der Waals surface area contributed by atoms with E-state index in [1.54, 1.807) is 24.0 Å². The number of nitrogens with one attached hydrogen (secondary N) is 1. The molecule has 4 aliphatic rings. The van der Waals surface area contributed by atoms with Gasteiger partial charge in [-0.25, -0.2) is 0 Å². The van der Waals surface area contributed by atoms with E-state index in [-0.39, 0.29) is 38.0 Å². The van der Waals surface area contributed by atoms with Crippen molar-refractivity contribution >= 4 is 23.7 Å². The highest BCUT2D eigenvalue weighted by Gasteiger charge is 2.74. The maximum absolute atomic E-state index is 14.4. The molecule has 2 saturated heterocycles. The fourth-order valence-electron chi connectivity index (χ4n) is 6.96. The van der Waals surface area contributed by atoms with Gasteiger partial charge < -0.3 is 34.4 Å². The third kappa shape index (κ3) is 5.80. The van der Waals surface area contributed by atoms with Gasteiger partial charge in [0.25, 0.3) is 0 Å². The number of benzene rings is 1. The molecule has 1 aromatic carbocycles. The Kier molecular flexibility index (Phi) is 9.87. The number of aliphatic hydroxyl groups is 1. The molecule has 4 heterocycles. The van der Waals surface area contributed by atoms with E-state index in [1.807, 2.05) is 49.4 Å². The molecule has 3 amide bonds. The molecule has 5 rings (SSSR count). The van der Waals surface area contributed by atoms with Gasteiger partial charge in [0, 0.05) is 26.6 Å². The summed E-state index contributed by atoms with van der Waals surface area (Å²) < 4.78 is 18.1. The van der Waals surface area contributed by atoms with Crippen molar-refractivity contribution in [1.29, 1.82) is 0 Å². The zero-order valence-corrected chi connectivity index (χ0v) is 25.6. The van der Waals surface area contributed by atoms with E-state index < -0.39 is 59.6 Å². The Hall–Kier alpha value is -3.54. The molecule has 1 aromatic rings. The number of amides is 3. The van der Waals surface area contributed by atoms with Crippen molar-refractivity contribution in [2.75, 3.05) is 33.4 Å². The molecule has 2 N–H and O–H groups in total. The fraction of sp³-hybridized carbons (Fsp3) is 0.576. The zero-order valence-electron chi connectivity index (χ0n) is 25.6. The Bertz CT molecular complexity index is 1280. The number of carbonyl (C=O) groups excluding carboxylic acids is 4. The predicted octanol–water partition coefficient (Wildman–Crippen LogP) is 1.91. The standard InChI is InChI=1S/C33H43N3O8/c1-4-5-17-35-18-11-7-10-14-25(38)34-23(20-42-3)28(22-12-8-6-9-13-22)43-32(41)26-24-15-16-33(44-24)27(26)30(39)36(21(2)19-37)29(33)31(35)40/h6-9,11-13,15-16,21,23-24,26-29,37H,4-5,10,14,17-20H2,1-3H3,(H,34,38)/b11-7-/t21-,23+,24-,26+,27+,28+,29-,33+/m1/s1. The summed E-state index contributed by atoms with van der Waals surface area (Å²) in [5.41, 5.74) is -0.723. The number of esters is 1. The highest BCUT2D eigenvalue weighted by atomic mass is 16.6. The van der Waals surface area contributed by atoms with E-state index in [4.69, 9.17) is 14.2 Å². The molecular formula is C33H43N3O8. The van der Waals surface area contributed by atoms with Gasteiger partial charge in [0.1, 0.15) is 23.7 Å². The van der Waals surface area contributed by atoms with E-state index in [0.29, 0.717) is 18.5 Å². The number of hydrogen-bond donors (Lipinski definition) is 2. The Balaban J connectivity index is 1.59. The van der Waals surface area contributed by atoms with Crippen LogP contribution in [0.5, 0.6) is 0 Å². The average Bonchev–Trinajstić information content (AvgIpc) is 3.67. The summed E-state index contributed by atoms with van der Waals surface area (Å²) in [6.45, 7) is 4.19. The van der Waals surface area contributed by atoms with Crippen LogP contribution in [0.4, 0.5) is 0 Å². The molecule has 5 bridgehead atoms. The second-order valence-electron chi connectivity index (χ2n) is 12.0. The Morgan fingerprint density at radius 2 is 1.91 bits per heavy atom. The van der Waals surface area contributed by atoms with Crippen LogP contribution in [0.15, 0.2) is 54.6 Å². The largest absolute Gasteiger partial charge is 0.455 e. The van der Waals surface area contributed by atoms with Crippen LogP contribution < -0.4 is 5.32 Å². The van der Waals surface area contributed by atoms with Crippen molar-refractivity contribution in [1.82, 2.24) is 15.1 Å². The van der Waals surface area contributed by atoms with Crippen LogP contribution in [-0.4, -0.2) is 102 Å². The molecule has 2 fully saturated rings. The second kappa shape index (κ2) is 13.6. The van der Waals surface area contributed by atoms with Crippen LogP contribution in [0, 0.1) is 11.8 Å². The number of carbonyl (C=O) groups is 4. The van der Waals surface area contributed by atoms with E-state index >= 15 is 0 Å². The number of ether oxygens (including phenoxy) is 3.